The minimum atomic E-state index is -0.495. The summed E-state index contributed by atoms with van der Waals surface area (Å²) in [6.07, 6.45) is 3.53. The Morgan fingerprint density at radius 2 is 2.00 bits per heavy atom. The van der Waals surface area contributed by atoms with E-state index in [9.17, 15) is 9.59 Å². The van der Waals surface area contributed by atoms with Crippen molar-refractivity contribution in [1.82, 2.24) is 9.55 Å². The van der Waals surface area contributed by atoms with Crippen LogP contribution in [0.5, 0.6) is 0 Å². The van der Waals surface area contributed by atoms with Crippen LogP contribution in [-0.2, 0) is 0 Å². The summed E-state index contributed by atoms with van der Waals surface area (Å²) in [5.74, 6) is -0.495. The number of hydrogen-bond donors (Lipinski definition) is 2. The third-order valence-electron chi connectivity index (χ3n) is 3.70. The van der Waals surface area contributed by atoms with Gasteiger partial charge in [-0.25, -0.2) is 0 Å². The van der Waals surface area contributed by atoms with E-state index in [0.717, 1.165) is 15.8 Å². The molecule has 6 heteroatoms. The summed E-state index contributed by atoms with van der Waals surface area (Å²) < 4.78 is 1.81. The van der Waals surface area contributed by atoms with Crippen LogP contribution in [0.1, 0.15) is 16.1 Å². The predicted molar refractivity (Wildman–Crippen MR) is 88.9 cm³/mol. The number of aromatic nitrogens is 2. The SMILES string of the molecule is CSc1cc[nH]c(=O)c1-n1c(C)c(C(N)=O)c2ccccc21. The minimum absolute atomic E-state index is 0.202. The van der Waals surface area contributed by atoms with Gasteiger partial charge >= 0.3 is 0 Å². The summed E-state index contributed by atoms with van der Waals surface area (Å²) in [6.45, 7) is 1.80. The maximum atomic E-state index is 12.4. The lowest BCUT2D eigenvalue weighted by Gasteiger charge is -2.11. The number of benzene rings is 1. The highest BCUT2D eigenvalue weighted by Gasteiger charge is 2.21. The summed E-state index contributed by atoms with van der Waals surface area (Å²) in [5.41, 5.74) is 7.76. The highest BCUT2D eigenvalue weighted by molar-refractivity contribution is 7.98. The fourth-order valence-electron chi connectivity index (χ4n) is 2.80. The van der Waals surface area contributed by atoms with E-state index in [1.54, 1.807) is 17.7 Å². The number of hydrogen-bond acceptors (Lipinski definition) is 3. The number of nitrogens with one attached hydrogen (secondary N) is 1. The minimum Gasteiger partial charge on any atom is -0.366 e. The average Bonchev–Trinajstić information content (AvgIpc) is 2.79. The van der Waals surface area contributed by atoms with Crippen LogP contribution in [0.25, 0.3) is 16.6 Å². The molecule has 1 aromatic carbocycles. The molecule has 2 aromatic heterocycles. The number of pyridine rings is 1. The molecule has 5 nitrogen and oxygen atoms in total. The van der Waals surface area contributed by atoms with Crippen LogP contribution in [0.4, 0.5) is 0 Å². The molecule has 0 aliphatic heterocycles. The second-order valence-corrected chi connectivity index (χ2v) is 5.75. The van der Waals surface area contributed by atoms with E-state index in [1.807, 2.05) is 36.6 Å². The van der Waals surface area contributed by atoms with Crippen molar-refractivity contribution in [2.75, 3.05) is 6.26 Å². The third kappa shape index (κ3) is 2.03. The van der Waals surface area contributed by atoms with Crippen LogP contribution in [0.15, 0.2) is 46.2 Å². The molecule has 3 aromatic rings. The van der Waals surface area contributed by atoms with Crippen molar-refractivity contribution in [3.8, 4) is 5.69 Å². The molecule has 0 aliphatic rings. The van der Waals surface area contributed by atoms with Gasteiger partial charge in [-0.3, -0.25) is 9.59 Å². The van der Waals surface area contributed by atoms with Crippen LogP contribution < -0.4 is 11.3 Å². The number of H-pyrrole nitrogens is 1. The monoisotopic (exact) mass is 313 g/mol. The van der Waals surface area contributed by atoms with E-state index >= 15 is 0 Å². The van der Waals surface area contributed by atoms with Crippen LogP contribution in [0.3, 0.4) is 0 Å². The summed E-state index contributed by atoms with van der Waals surface area (Å²) in [5, 5.41) is 0.753. The standard InChI is InChI=1S/C16H15N3O2S/c1-9-13(15(17)20)10-5-3-4-6-11(10)19(9)14-12(22-2)7-8-18-16(14)21/h3-8H,1-2H3,(H2,17,20)(H,18,21). The fraction of sp³-hybridized carbons (Fsp3) is 0.125. The molecule has 1 amide bonds. The smallest absolute Gasteiger partial charge is 0.273 e. The molecule has 0 saturated carbocycles. The third-order valence-corrected chi connectivity index (χ3v) is 4.47. The number of nitrogens with two attached hydrogens (primary N) is 1. The quantitative estimate of drug-likeness (QED) is 0.729. The van der Waals surface area contributed by atoms with Crippen LogP contribution in [-0.4, -0.2) is 21.7 Å². The first-order valence-electron chi connectivity index (χ1n) is 6.72. The normalized spacial score (nSPS) is 11.0. The van der Waals surface area contributed by atoms with Crippen LogP contribution >= 0.6 is 11.8 Å². The Balaban J connectivity index is 2.51. The molecule has 0 radical (unpaired) electrons. The molecule has 0 saturated heterocycles. The summed E-state index contributed by atoms with van der Waals surface area (Å²) >= 11 is 1.48. The molecular formula is C16H15N3O2S. The zero-order valence-corrected chi connectivity index (χ0v) is 13.0. The molecular weight excluding hydrogens is 298 g/mol. The van der Waals surface area contributed by atoms with Gasteiger partial charge in [0, 0.05) is 22.2 Å². The Kier molecular flexibility index (Phi) is 3.54. The highest BCUT2D eigenvalue weighted by Crippen LogP contribution is 2.31. The van der Waals surface area contributed by atoms with E-state index in [1.165, 1.54) is 11.8 Å². The number of amides is 1. The van der Waals surface area contributed by atoms with Gasteiger partial charge in [0.25, 0.3) is 11.5 Å². The first-order chi connectivity index (χ1) is 10.6. The number of carbonyl (C=O) groups is 1. The van der Waals surface area contributed by atoms with Crippen LogP contribution in [0.2, 0.25) is 0 Å². The highest BCUT2D eigenvalue weighted by atomic mass is 32.2. The van der Waals surface area contributed by atoms with Gasteiger partial charge < -0.3 is 15.3 Å². The molecule has 2 heterocycles. The van der Waals surface area contributed by atoms with Gasteiger partial charge in [-0.1, -0.05) is 18.2 Å². The number of aromatic amines is 1. The number of carbonyl (C=O) groups excluding carboxylic acids is 1. The van der Waals surface area contributed by atoms with Gasteiger partial charge in [-0.05, 0) is 25.3 Å². The zero-order chi connectivity index (χ0) is 15.9. The molecule has 22 heavy (non-hydrogen) atoms. The lowest BCUT2D eigenvalue weighted by Crippen LogP contribution is -2.17. The number of primary amides is 1. The number of para-hydroxylation sites is 1. The Morgan fingerprint density at radius 1 is 1.27 bits per heavy atom. The zero-order valence-electron chi connectivity index (χ0n) is 12.2. The van der Waals surface area contributed by atoms with E-state index in [4.69, 9.17) is 5.73 Å². The van der Waals surface area contributed by atoms with E-state index in [0.29, 0.717) is 16.9 Å². The largest absolute Gasteiger partial charge is 0.366 e. The van der Waals surface area contributed by atoms with Crippen molar-refractivity contribution in [2.24, 2.45) is 5.73 Å². The molecule has 0 unspecified atom stereocenters. The summed E-state index contributed by atoms with van der Waals surface area (Å²) in [6, 6.07) is 9.29. The first kappa shape index (κ1) is 14.5. The van der Waals surface area contributed by atoms with E-state index in [-0.39, 0.29) is 5.56 Å². The van der Waals surface area contributed by atoms with Crippen molar-refractivity contribution in [3.63, 3.8) is 0 Å². The molecule has 0 bridgehead atoms. The summed E-state index contributed by atoms with van der Waals surface area (Å²) in [4.78, 5) is 27.7. The van der Waals surface area contributed by atoms with Crippen molar-refractivity contribution in [3.05, 3.63) is 58.1 Å². The van der Waals surface area contributed by atoms with Gasteiger partial charge in [0.2, 0.25) is 0 Å². The maximum Gasteiger partial charge on any atom is 0.273 e. The molecule has 3 N–H and O–H groups in total. The van der Waals surface area contributed by atoms with Gasteiger partial charge in [0.15, 0.2) is 0 Å². The second-order valence-electron chi connectivity index (χ2n) is 4.90. The maximum absolute atomic E-state index is 12.4. The molecule has 0 fully saturated rings. The molecule has 3 rings (SSSR count). The predicted octanol–water partition coefficient (Wildman–Crippen LogP) is 2.45. The summed E-state index contributed by atoms with van der Waals surface area (Å²) in [7, 11) is 0. The Morgan fingerprint density at radius 3 is 2.68 bits per heavy atom. The fourth-order valence-corrected chi connectivity index (χ4v) is 3.38. The second kappa shape index (κ2) is 5.38. The van der Waals surface area contributed by atoms with Gasteiger partial charge in [0.1, 0.15) is 5.69 Å². The average molecular weight is 313 g/mol. The molecule has 0 aliphatic carbocycles. The molecule has 112 valence electrons. The van der Waals surface area contributed by atoms with Crippen LogP contribution in [0, 0.1) is 6.92 Å². The van der Waals surface area contributed by atoms with E-state index < -0.39 is 5.91 Å². The van der Waals surface area contributed by atoms with Gasteiger partial charge in [-0.2, -0.15) is 0 Å². The topological polar surface area (TPSA) is 80.9 Å². The molecule has 0 spiro atoms. The Hall–Kier alpha value is -2.47. The number of fused-ring (bicyclic) bond motifs is 1. The van der Waals surface area contributed by atoms with Gasteiger partial charge in [0.05, 0.1) is 11.1 Å². The first-order valence-corrected chi connectivity index (χ1v) is 7.94. The Labute approximate surface area is 131 Å². The number of thioether (sulfide) groups is 1. The van der Waals surface area contributed by atoms with Crippen molar-refractivity contribution >= 4 is 28.6 Å². The Bertz CT molecular complexity index is 940. The van der Waals surface area contributed by atoms with Crippen molar-refractivity contribution < 1.29 is 4.79 Å². The number of nitrogens with zero attached hydrogens (tertiary/aromatic N) is 1. The lowest BCUT2D eigenvalue weighted by atomic mass is 10.1. The molecule has 0 atom stereocenters. The van der Waals surface area contributed by atoms with Crippen molar-refractivity contribution in [2.45, 2.75) is 11.8 Å². The van der Waals surface area contributed by atoms with E-state index in [2.05, 4.69) is 4.98 Å². The number of rotatable bonds is 3. The lowest BCUT2D eigenvalue weighted by molar-refractivity contribution is 0.100. The van der Waals surface area contributed by atoms with Gasteiger partial charge in [-0.15, -0.1) is 11.8 Å². The van der Waals surface area contributed by atoms with Crippen molar-refractivity contribution in [1.29, 1.82) is 0 Å².